The Hall–Kier alpha value is -0.850. The Balaban J connectivity index is 3.94. The lowest BCUT2D eigenvalue weighted by Gasteiger charge is -2.12. The van der Waals surface area contributed by atoms with E-state index in [4.69, 9.17) is 0 Å². The quantitative estimate of drug-likeness (QED) is 0.751. The summed E-state index contributed by atoms with van der Waals surface area (Å²) < 4.78 is 46.3. The highest BCUT2D eigenvalue weighted by atomic mass is 32.2. The van der Waals surface area contributed by atoms with Crippen LogP contribution in [0.15, 0.2) is 12.2 Å². The number of alkyl halides is 3. The number of allylic oxidation sites excluding steroid dienone is 1. The third-order valence-electron chi connectivity index (χ3n) is 1.95. The van der Waals surface area contributed by atoms with Gasteiger partial charge in [0.05, 0.1) is 0 Å². The average molecular weight is 271 g/mol. The zero-order valence-electron chi connectivity index (χ0n) is 9.76. The van der Waals surface area contributed by atoms with E-state index in [9.17, 15) is 22.2 Å². The summed E-state index contributed by atoms with van der Waals surface area (Å²) in [7, 11) is -2.91. The molecule has 0 saturated carbocycles. The van der Waals surface area contributed by atoms with Gasteiger partial charge in [-0.05, 0) is 13.3 Å². The van der Waals surface area contributed by atoms with E-state index in [1.54, 1.807) is 13.8 Å². The van der Waals surface area contributed by atoms with Crippen molar-refractivity contribution in [2.75, 3.05) is 12.3 Å². The fourth-order valence-corrected chi connectivity index (χ4v) is 1.69. The van der Waals surface area contributed by atoms with Gasteiger partial charge in [-0.3, -0.25) is 9.00 Å². The summed E-state index contributed by atoms with van der Waals surface area (Å²) in [5.74, 6) is -1.31. The SMILES string of the molecule is C=C(C)CC(C)C(=O)NCCS(=O)C(F)(F)F. The zero-order valence-corrected chi connectivity index (χ0v) is 10.6. The van der Waals surface area contributed by atoms with Crippen LogP contribution >= 0.6 is 0 Å². The Morgan fingerprint density at radius 3 is 2.41 bits per heavy atom. The van der Waals surface area contributed by atoms with Gasteiger partial charge in [-0.1, -0.05) is 12.5 Å². The third kappa shape index (κ3) is 7.14. The first-order valence-electron chi connectivity index (χ1n) is 5.02. The van der Waals surface area contributed by atoms with Crippen LogP contribution < -0.4 is 5.32 Å². The molecule has 0 aromatic rings. The van der Waals surface area contributed by atoms with Gasteiger partial charge in [0.2, 0.25) is 5.91 Å². The van der Waals surface area contributed by atoms with Crippen LogP contribution in [-0.4, -0.2) is 27.9 Å². The van der Waals surface area contributed by atoms with Gasteiger partial charge in [-0.15, -0.1) is 6.58 Å². The molecule has 3 nitrogen and oxygen atoms in total. The molecule has 0 saturated heterocycles. The molecule has 0 radical (unpaired) electrons. The van der Waals surface area contributed by atoms with Crippen LogP contribution in [0, 0.1) is 5.92 Å². The predicted molar refractivity (Wildman–Crippen MR) is 60.7 cm³/mol. The maximum Gasteiger partial charge on any atom is 0.471 e. The van der Waals surface area contributed by atoms with Crippen LogP contribution in [0.25, 0.3) is 0 Å². The van der Waals surface area contributed by atoms with E-state index in [0.29, 0.717) is 6.42 Å². The molecule has 0 bridgehead atoms. The van der Waals surface area contributed by atoms with E-state index in [1.165, 1.54) is 0 Å². The van der Waals surface area contributed by atoms with Gasteiger partial charge < -0.3 is 5.32 Å². The highest BCUT2D eigenvalue weighted by Gasteiger charge is 2.36. The van der Waals surface area contributed by atoms with Crippen LogP contribution in [0.4, 0.5) is 13.2 Å². The second-order valence-corrected chi connectivity index (χ2v) is 5.41. The fraction of sp³-hybridized carbons (Fsp3) is 0.700. The first kappa shape index (κ1) is 16.1. The Labute approximate surface area is 101 Å². The minimum absolute atomic E-state index is 0.245. The van der Waals surface area contributed by atoms with E-state index >= 15 is 0 Å². The van der Waals surface area contributed by atoms with Gasteiger partial charge in [0.15, 0.2) is 0 Å². The standard InChI is InChI=1S/C10H16F3NO2S/c1-7(2)6-8(3)9(15)14-4-5-17(16)10(11,12)13/h8H,1,4-6H2,2-3H3,(H,14,15). The van der Waals surface area contributed by atoms with Crippen LogP contribution in [0.1, 0.15) is 20.3 Å². The van der Waals surface area contributed by atoms with E-state index in [2.05, 4.69) is 11.9 Å². The molecule has 0 aliphatic rings. The van der Waals surface area contributed by atoms with E-state index in [1.807, 2.05) is 0 Å². The van der Waals surface area contributed by atoms with Crippen molar-refractivity contribution < 1.29 is 22.2 Å². The Kier molecular flexibility index (Phi) is 6.44. The monoisotopic (exact) mass is 271 g/mol. The summed E-state index contributed by atoms with van der Waals surface area (Å²) in [5.41, 5.74) is -3.89. The smallest absolute Gasteiger partial charge is 0.355 e. The highest BCUT2D eigenvalue weighted by Crippen LogP contribution is 2.19. The molecular formula is C10H16F3NO2S. The molecule has 1 N–H and O–H groups in total. The molecule has 2 atom stereocenters. The second kappa shape index (κ2) is 6.78. The van der Waals surface area contributed by atoms with Crippen molar-refractivity contribution >= 4 is 16.7 Å². The minimum Gasteiger partial charge on any atom is -0.355 e. The molecule has 0 aliphatic heterocycles. The number of rotatable bonds is 6. The molecule has 1 amide bonds. The van der Waals surface area contributed by atoms with E-state index in [0.717, 1.165) is 5.57 Å². The predicted octanol–water partition coefficient (Wildman–Crippen LogP) is 1.97. The Morgan fingerprint density at radius 1 is 1.47 bits per heavy atom. The van der Waals surface area contributed by atoms with Gasteiger partial charge in [0, 0.05) is 18.2 Å². The van der Waals surface area contributed by atoms with Crippen molar-refractivity contribution in [2.24, 2.45) is 5.92 Å². The summed E-state index contributed by atoms with van der Waals surface area (Å²) in [6.45, 7) is 6.82. The van der Waals surface area contributed by atoms with Crippen LogP contribution in [0.5, 0.6) is 0 Å². The maximum absolute atomic E-state index is 11.9. The van der Waals surface area contributed by atoms with Gasteiger partial charge in [-0.25, -0.2) is 0 Å². The van der Waals surface area contributed by atoms with Gasteiger partial charge in [0.25, 0.3) is 0 Å². The molecule has 0 rings (SSSR count). The van der Waals surface area contributed by atoms with Crippen LogP contribution in [0.3, 0.4) is 0 Å². The van der Waals surface area contributed by atoms with Crippen molar-refractivity contribution in [2.45, 2.75) is 25.8 Å². The van der Waals surface area contributed by atoms with Crippen molar-refractivity contribution in [1.82, 2.24) is 5.32 Å². The van der Waals surface area contributed by atoms with Gasteiger partial charge >= 0.3 is 5.51 Å². The lowest BCUT2D eigenvalue weighted by molar-refractivity contribution is -0.124. The molecule has 7 heteroatoms. The number of halogens is 3. The first-order chi connectivity index (χ1) is 7.64. The summed E-state index contributed by atoms with van der Waals surface area (Å²) in [6.07, 6.45) is 0.480. The van der Waals surface area contributed by atoms with Crippen LogP contribution in [0.2, 0.25) is 0 Å². The lowest BCUT2D eigenvalue weighted by atomic mass is 10.0. The molecule has 17 heavy (non-hydrogen) atoms. The molecule has 0 aliphatic carbocycles. The number of nitrogens with one attached hydrogen (secondary N) is 1. The van der Waals surface area contributed by atoms with Crippen molar-refractivity contribution in [3.8, 4) is 0 Å². The Morgan fingerprint density at radius 2 is 2.00 bits per heavy atom. The normalized spacial score (nSPS) is 15.1. The molecule has 0 spiro atoms. The summed E-state index contributed by atoms with van der Waals surface area (Å²) >= 11 is 0. The molecule has 0 aromatic heterocycles. The number of carbonyl (C=O) groups excluding carboxylic acids is 1. The van der Waals surface area contributed by atoms with Crippen molar-refractivity contribution in [3.63, 3.8) is 0 Å². The van der Waals surface area contributed by atoms with Crippen molar-refractivity contribution in [1.29, 1.82) is 0 Å². The Bertz CT molecular complexity index is 315. The second-order valence-electron chi connectivity index (χ2n) is 3.85. The minimum atomic E-state index is -4.71. The van der Waals surface area contributed by atoms with E-state index < -0.39 is 22.1 Å². The van der Waals surface area contributed by atoms with Crippen molar-refractivity contribution in [3.05, 3.63) is 12.2 Å². The first-order valence-corrected chi connectivity index (χ1v) is 6.33. The molecule has 0 fully saturated rings. The topological polar surface area (TPSA) is 46.2 Å². The van der Waals surface area contributed by atoms with Crippen LogP contribution in [-0.2, 0) is 15.6 Å². The van der Waals surface area contributed by atoms with Gasteiger partial charge in [0.1, 0.15) is 10.8 Å². The summed E-state index contributed by atoms with van der Waals surface area (Å²) in [6, 6.07) is 0. The van der Waals surface area contributed by atoms with Gasteiger partial charge in [-0.2, -0.15) is 13.2 Å². The largest absolute Gasteiger partial charge is 0.471 e. The average Bonchev–Trinajstić information content (AvgIpc) is 2.14. The molecule has 0 aromatic carbocycles. The number of hydrogen-bond donors (Lipinski definition) is 1. The summed E-state index contributed by atoms with van der Waals surface area (Å²) in [4.78, 5) is 11.4. The third-order valence-corrected chi connectivity index (χ3v) is 3.04. The number of amides is 1. The van der Waals surface area contributed by atoms with E-state index in [-0.39, 0.29) is 18.4 Å². The molecule has 2 unspecified atom stereocenters. The summed E-state index contributed by atoms with van der Waals surface area (Å²) in [5, 5.41) is 2.32. The number of carbonyl (C=O) groups is 1. The molecular weight excluding hydrogens is 255 g/mol. The fourth-order valence-electron chi connectivity index (χ4n) is 1.17. The highest BCUT2D eigenvalue weighted by molar-refractivity contribution is 7.85. The maximum atomic E-state index is 11.9. The number of hydrogen-bond acceptors (Lipinski definition) is 2. The lowest BCUT2D eigenvalue weighted by Crippen LogP contribution is -2.34. The molecule has 100 valence electrons. The molecule has 0 heterocycles. The zero-order chi connectivity index (χ0) is 13.6.